The van der Waals surface area contributed by atoms with Crippen molar-refractivity contribution in [2.24, 2.45) is 5.92 Å². The summed E-state index contributed by atoms with van der Waals surface area (Å²) in [6.07, 6.45) is 2.87. The first-order valence-corrected chi connectivity index (χ1v) is 12.7. The second kappa shape index (κ2) is 8.65. The fourth-order valence-electron chi connectivity index (χ4n) is 4.49. The lowest BCUT2D eigenvalue weighted by Gasteiger charge is -2.24. The van der Waals surface area contributed by atoms with Crippen LogP contribution >= 0.6 is 0 Å². The number of sulfone groups is 1. The van der Waals surface area contributed by atoms with Crippen molar-refractivity contribution in [1.82, 2.24) is 4.98 Å². The number of hydrogen-bond donors (Lipinski definition) is 0. The number of imide groups is 1. The smallest absolute Gasteiger partial charge is 0.419 e. The fraction of sp³-hybridized carbons (Fsp3) is 0.200. The number of carbonyl (C=O) groups is 3. The lowest BCUT2D eigenvalue weighted by atomic mass is 10.1. The predicted molar refractivity (Wildman–Crippen MR) is 127 cm³/mol. The molecule has 1 aliphatic heterocycles. The molecule has 2 atom stereocenters. The highest BCUT2D eigenvalue weighted by Crippen LogP contribution is 2.56. The van der Waals surface area contributed by atoms with E-state index in [2.05, 4.69) is 4.98 Å². The number of amides is 3. The fourth-order valence-corrected chi connectivity index (χ4v) is 5.25. The summed E-state index contributed by atoms with van der Waals surface area (Å²) in [4.78, 5) is 44.8. The van der Waals surface area contributed by atoms with Gasteiger partial charge in [-0.15, -0.1) is 0 Å². The lowest BCUT2D eigenvalue weighted by Crippen LogP contribution is -2.39. The van der Waals surface area contributed by atoms with Crippen molar-refractivity contribution in [3.63, 3.8) is 0 Å². The number of aromatic nitrogens is 1. The van der Waals surface area contributed by atoms with Crippen LogP contribution in [0.3, 0.4) is 0 Å². The summed E-state index contributed by atoms with van der Waals surface area (Å²) in [6, 6.07) is 12.0. The van der Waals surface area contributed by atoms with Gasteiger partial charge in [0.1, 0.15) is 5.54 Å². The van der Waals surface area contributed by atoms with Crippen LogP contribution in [0, 0.1) is 5.92 Å². The molecule has 1 saturated carbocycles. The number of hydrogen-bond acceptors (Lipinski definition) is 7. The molecule has 5 rings (SSSR count). The molecular formula is C25H18F3N3O6S. The van der Waals surface area contributed by atoms with E-state index in [1.165, 1.54) is 35.5 Å². The van der Waals surface area contributed by atoms with E-state index >= 15 is 0 Å². The zero-order chi connectivity index (χ0) is 27.5. The van der Waals surface area contributed by atoms with Gasteiger partial charge in [-0.25, -0.2) is 22.9 Å². The maximum absolute atomic E-state index is 13.6. The quantitative estimate of drug-likeness (QED) is 0.346. The topological polar surface area (TPSA) is 114 Å². The van der Waals surface area contributed by atoms with Crippen molar-refractivity contribution in [1.29, 1.82) is 0 Å². The monoisotopic (exact) mass is 545 g/mol. The Morgan fingerprint density at radius 3 is 2.26 bits per heavy atom. The molecule has 2 heterocycles. The van der Waals surface area contributed by atoms with Gasteiger partial charge in [0.05, 0.1) is 28.0 Å². The molecule has 3 aromatic rings. The summed E-state index contributed by atoms with van der Waals surface area (Å²) >= 11 is 0. The van der Waals surface area contributed by atoms with Gasteiger partial charge in [0.2, 0.25) is 0 Å². The third kappa shape index (κ3) is 3.81. The average molecular weight is 545 g/mol. The van der Waals surface area contributed by atoms with Gasteiger partial charge in [-0.1, -0.05) is 25.1 Å². The van der Waals surface area contributed by atoms with Crippen LogP contribution in [0.5, 0.6) is 5.75 Å². The number of ether oxygens (including phenoxy) is 1. The van der Waals surface area contributed by atoms with Gasteiger partial charge in [-0.2, -0.15) is 13.2 Å². The van der Waals surface area contributed by atoms with Crippen LogP contribution in [0.1, 0.15) is 23.7 Å². The Hall–Kier alpha value is -4.26. The molecule has 9 nitrogen and oxygen atoms in total. The molecule has 196 valence electrons. The molecule has 1 spiro atoms. The minimum Gasteiger partial charge on any atom is -0.419 e. The molecule has 13 heteroatoms. The maximum Gasteiger partial charge on any atom is 0.501 e. The molecule has 0 radical (unpaired) electrons. The number of pyridine rings is 1. The van der Waals surface area contributed by atoms with Crippen LogP contribution in [-0.4, -0.2) is 42.4 Å². The van der Waals surface area contributed by atoms with E-state index in [1.54, 1.807) is 25.1 Å². The highest BCUT2D eigenvalue weighted by atomic mass is 32.2. The van der Waals surface area contributed by atoms with Crippen LogP contribution in [-0.2, 0) is 14.6 Å². The minimum atomic E-state index is -5.61. The summed E-state index contributed by atoms with van der Waals surface area (Å²) in [5.74, 6) is -1.72. The van der Waals surface area contributed by atoms with E-state index in [4.69, 9.17) is 4.74 Å². The van der Waals surface area contributed by atoms with Crippen molar-refractivity contribution in [3.05, 3.63) is 78.6 Å². The van der Waals surface area contributed by atoms with Crippen molar-refractivity contribution in [2.45, 2.75) is 29.3 Å². The van der Waals surface area contributed by atoms with E-state index in [-0.39, 0.29) is 35.0 Å². The zero-order valence-corrected chi connectivity index (χ0v) is 20.4. The highest BCUT2D eigenvalue weighted by molar-refractivity contribution is 7.92. The van der Waals surface area contributed by atoms with Crippen LogP contribution in [0.25, 0.3) is 0 Å². The molecule has 2 aromatic carbocycles. The number of urea groups is 1. The van der Waals surface area contributed by atoms with Gasteiger partial charge in [0.15, 0.2) is 5.75 Å². The van der Waals surface area contributed by atoms with Crippen LogP contribution in [0.2, 0.25) is 0 Å². The van der Waals surface area contributed by atoms with E-state index in [1.807, 2.05) is 0 Å². The molecule has 38 heavy (non-hydrogen) atoms. The Morgan fingerprint density at radius 2 is 1.68 bits per heavy atom. The first-order valence-electron chi connectivity index (χ1n) is 11.2. The Bertz CT molecular complexity index is 1560. The molecule has 0 N–H and O–H groups in total. The first-order chi connectivity index (χ1) is 17.9. The van der Waals surface area contributed by atoms with Crippen molar-refractivity contribution in [3.8, 4) is 5.75 Å². The largest absolute Gasteiger partial charge is 0.501 e. The van der Waals surface area contributed by atoms with Crippen LogP contribution in [0.4, 0.5) is 29.3 Å². The Labute approximate surface area is 214 Å². The standard InChI is InChI=1S/C25H18F3N3O6S/c1-15-13-24(15)22(33)30(17-7-9-18(10-8-17)38(35,36)25(26,27)28)23(34)31(24)19-11-12-29-14-20(19)37-21(32)16-5-3-2-4-6-16/h2-12,14-15H,13H2,1H3. The normalized spacial score (nSPS) is 21.2. The van der Waals surface area contributed by atoms with Crippen LogP contribution < -0.4 is 14.5 Å². The second-order valence-electron chi connectivity index (χ2n) is 8.83. The number of rotatable bonds is 5. The van der Waals surface area contributed by atoms with Gasteiger partial charge >= 0.3 is 17.5 Å². The van der Waals surface area contributed by atoms with Gasteiger partial charge in [-0.3, -0.25) is 14.7 Å². The number of halogens is 3. The Balaban J connectivity index is 1.51. The highest BCUT2D eigenvalue weighted by Gasteiger charge is 2.71. The number of alkyl halides is 3. The van der Waals surface area contributed by atoms with Gasteiger partial charge in [-0.05, 0) is 54.8 Å². The van der Waals surface area contributed by atoms with Gasteiger partial charge < -0.3 is 4.74 Å². The zero-order valence-electron chi connectivity index (χ0n) is 19.5. The van der Waals surface area contributed by atoms with Crippen LogP contribution in [0.15, 0.2) is 78.0 Å². The number of benzene rings is 2. The van der Waals surface area contributed by atoms with E-state index < -0.39 is 43.7 Å². The lowest BCUT2D eigenvalue weighted by molar-refractivity contribution is -0.119. The average Bonchev–Trinajstić information content (AvgIpc) is 3.50. The predicted octanol–water partition coefficient (Wildman–Crippen LogP) is 4.35. The number of carbonyl (C=O) groups excluding carboxylic acids is 3. The Kier molecular flexibility index (Phi) is 5.78. The summed E-state index contributed by atoms with van der Waals surface area (Å²) in [6.45, 7) is 1.75. The molecule has 2 fully saturated rings. The molecule has 1 aliphatic carbocycles. The molecule has 0 bridgehead atoms. The van der Waals surface area contributed by atoms with E-state index in [9.17, 15) is 36.0 Å². The number of esters is 1. The van der Waals surface area contributed by atoms with Gasteiger partial charge in [0, 0.05) is 6.20 Å². The number of nitrogens with zero attached hydrogens (tertiary/aromatic N) is 3. The molecular weight excluding hydrogens is 527 g/mol. The SMILES string of the molecule is CC1CC12C(=O)N(c1ccc(S(=O)(=O)C(F)(F)F)cc1)C(=O)N2c1ccncc1OC(=O)c1ccccc1. The molecule has 3 amide bonds. The Morgan fingerprint density at radius 1 is 1.05 bits per heavy atom. The summed E-state index contributed by atoms with van der Waals surface area (Å²) in [7, 11) is -5.61. The second-order valence-corrected chi connectivity index (χ2v) is 10.8. The van der Waals surface area contributed by atoms with Crippen molar-refractivity contribution >= 4 is 39.1 Å². The van der Waals surface area contributed by atoms with E-state index in [0.29, 0.717) is 12.1 Å². The third-order valence-electron chi connectivity index (χ3n) is 6.55. The number of anilines is 2. The summed E-state index contributed by atoms with van der Waals surface area (Å²) < 4.78 is 67.7. The van der Waals surface area contributed by atoms with Crippen molar-refractivity contribution < 1.29 is 40.7 Å². The first kappa shape index (κ1) is 25.4. The summed E-state index contributed by atoms with van der Waals surface area (Å²) in [5.41, 5.74) is -6.59. The maximum atomic E-state index is 13.6. The molecule has 1 aromatic heterocycles. The minimum absolute atomic E-state index is 0.0746. The summed E-state index contributed by atoms with van der Waals surface area (Å²) in [5, 5.41) is 0. The van der Waals surface area contributed by atoms with Crippen molar-refractivity contribution in [2.75, 3.05) is 9.80 Å². The molecule has 2 aliphatic rings. The third-order valence-corrected chi connectivity index (χ3v) is 8.06. The van der Waals surface area contributed by atoms with E-state index in [0.717, 1.165) is 17.0 Å². The molecule has 2 unspecified atom stereocenters. The molecule has 1 saturated heterocycles. The van der Waals surface area contributed by atoms with Gasteiger partial charge in [0.25, 0.3) is 15.7 Å².